The van der Waals surface area contributed by atoms with Crippen LogP contribution in [0.15, 0.2) is 6.07 Å². The Morgan fingerprint density at radius 2 is 1.88 bits per heavy atom. The summed E-state index contributed by atoms with van der Waals surface area (Å²) in [5.74, 6) is 2.11. The number of hydrogen-bond donors (Lipinski definition) is 1. The topological polar surface area (TPSA) is 90.9 Å². The van der Waals surface area contributed by atoms with Crippen molar-refractivity contribution in [1.29, 1.82) is 0 Å². The highest BCUT2D eigenvalue weighted by atomic mass is 32.2. The molecule has 2 aromatic rings. The molecule has 1 aliphatic rings. The molecule has 2 N–H and O–H groups in total. The zero-order valence-corrected chi connectivity index (χ0v) is 16.5. The quantitative estimate of drug-likeness (QED) is 0.903. The highest BCUT2D eigenvalue weighted by Gasteiger charge is 2.40. The van der Waals surface area contributed by atoms with E-state index in [0.29, 0.717) is 30.2 Å². The number of hydrogen-bond acceptors (Lipinski definition) is 4. The molecule has 2 aromatic heterocycles. The van der Waals surface area contributed by atoms with E-state index in [1.807, 2.05) is 13.8 Å². The fourth-order valence-corrected chi connectivity index (χ4v) is 5.11. The van der Waals surface area contributed by atoms with Gasteiger partial charge in [0.15, 0.2) is 0 Å². The molecule has 0 radical (unpaired) electrons. The van der Waals surface area contributed by atoms with E-state index in [2.05, 4.69) is 36.4 Å². The van der Waals surface area contributed by atoms with Gasteiger partial charge >= 0.3 is 0 Å². The Bertz CT molecular complexity index is 903. The molecule has 7 heteroatoms. The van der Waals surface area contributed by atoms with Crippen molar-refractivity contribution in [3.05, 3.63) is 23.3 Å². The van der Waals surface area contributed by atoms with Crippen LogP contribution in [-0.2, 0) is 10.0 Å². The number of aromatic nitrogens is 3. The molecule has 6 nitrogen and oxygen atoms in total. The SMILES string of the molecule is Cc1nc(C)c2cc(C)n([C@@H]3C[C@@H](CCS(N)(=O)=O)C(C)C3C)c2n1. The van der Waals surface area contributed by atoms with Gasteiger partial charge in [0.2, 0.25) is 10.0 Å². The molecule has 25 heavy (non-hydrogen) atoms. The van der Waals surface area contributed by atoms with Crippen LogP contribution in [0.25, 0.3) is 11.0 Å². The molecular formula is C18H28N4O2S. The second-order valence-electron chi connectivity index (χ2n) is 7.69. The molecule has 138 valence electrons. The molecule has 0 aliphatic heterocycles. The van der Waals surface area contributed by atoms with Crippen molar-refractivity contribution in [2.24, 2.45) is 22.9 Å². The summed E-state index contributed by atoms with van der Waals surface area (Å²) in [5.41, 5.74) is 3.20. The molecule has 2 heterocycles. The number of primary sulfonamides is 1. The number of nitrogens with zero attached hydrogens (tertiary/aromatic N) is 3. The second kappa shape index (κ2) is 6.36. The summed E-state index contributed by atoms with van der Waals surface area (Å²) in [6.07, 6.45) is 1.59. The van der Waals surface area contributed by atoms with Crippen molar-refractivity contribution in [3.8, 4) is 0 Å². The smallest absolute Gasteiger partial charge is 0.209 e. The van der Waals surface area contributed by atoms with Crippen molar-refractivity contribution < 1.29 is 8.42 Å². The minimum Gasteiger partial charge on any atom is -0.326 e. The van der Waals surface area contributed by atoms with Crippen LogP contribution < -0.4 is 5.14 Å². The van der Waals surface area contributed by atoms with Crippen molar-refractivity contribution in [2.45, 2.75) is 53.5 Å². The Morgan fingerprint density at radius 1 is 1.20 bits per heavy atom. The van der Waals surface area contributed by atoms with Gasteiger partial charge in [0.1, 0.15) is 11.5 Å². The van der Waals surface area contributed by atoms with Crippen LogP contribution in [0.1, 0.15) is 49.9 Å². The lowest BCUT2D eigenvalue weighted by Crippen LogP contribution is -2.20. The molecule has 0 aromatic carbocycles. The summed E-state index contributed by atoms with van der Waals surface area (Å²) in [4.78, 5) is 9.19. The van der Waals surface area contributed by atoms with Crippen molar-refractivity contribution in [3.63, 3.8) is 0 Å². The standard InChI is InChI=1S/C18H28N4O2S/c1-10-8-16-13(4)20-14(5)21-18(16)22(10)17-9-15(11(2)12(17)3)6-7-25(19,23)24/h8,11-12,15,17H,6-7,9H2,1-5H3,(H2,19,23,24)/t11?,12?,15-,17-/m1/s1. The lowest BCUT2D eigenvalue weighted by atomic mass is 9.90. The van der Waals surface area contributed by atoms with E-state index in [1.54, 1.807) is 0 Å². The molecule has 4 atom stereocenters. The number of nitrogens with two attached hydrogens (primary N) is 1. The molecule has 3 rings (SSSR count). The highest BCUT2D eigenvalue weighted by Crippen LogP contribution is 2.47. The van der Waals surface area contributed by atoms with Crippen molar-refractivity contribution in [1.82, 2.24) is 14.5 Å². The third-order valence-electron chi connectivity index (χ3n) is 6.02. The molecule has 1 saturated carbocycles. The molecule has 0 bridgehead atoms. The molecule has 0 spiro atoms. The average Bonchev–Trinajstić information content (AvgIpc) is 2.95. The van der Waals surface area contributed by atoms with Gasteiger partial charge in [-0.2, -0.15) is 0 Å². The molecular weight excluding hydrogens is 336 g/mol. The molecule has 0 saturated heterocycles. The summed E-state index contributed by atoms with van der Waals surface area (Å²) >= 11 is 0. The normalized spacial score (nSPS) is 27.3. The van der Waals surface area contributed by atoms with Crippen molar-refractivity contribution >= 4 is 21.1 Å². The summed E-state index contributed by atoms with van der Waals surface area (Å²) in [6.45, 7) is 10.6. The van der Waals surface area contributed by atoms with Crippen LogP contribution >= 0.6 is 0 Å². The van der Waals surface area contributed by atoms with Crippen LogP contribution in [0.4, 0.5) is 0 Å². The van der Waals surface area contributed by atoms with E-state index >= 15 is 0 Å². The second-order valence-corrected chi connectivity index (χ2v) is 9.42. The first-order chi connectivity index (χ1) is 11.6. The van der Waals surface area contributed by atoms with Gasteiger partial charge in [-0.3, -0.25) is 0 Å². The first-order valence-corrected chi connectivity index (χ1v) is 10.6. The number of sulfonamides is 1. The van der Waals surface area contributed by atoms with E-state index in [9.17, 15) is 8.42 Å². The van der Waals surface area contributed by atoms with E-state index in [4.69, 9.17) is 10.1 Å². The largest absolute Gasteiger partial charge is 0.326 e. The number of rotatable bonds is 4. The van der Waals surface area contributed by atoms with Crippen LogP contribution in [0.5, 0.6) is 0 Å². The van der Waals surface area contributed by atoms with Gasteiger partial charge in [0.25, 0.3) is 0 Å². The van der Waals surface area contributed by atoms with E-state index < -0.39 is 10.0 Å². The average molecular weight is 365 g/mol. The number of aryl methyl sites for hydroxylation is 3. The lowest BCUT2D eigenvalue weighted by Gasteiger charge is -2.22. The minimum atomic E-state index is -3.41. The van der Waals surface area contributed by atoms with Gasteiger partial charge in [-0.15, -0.1) is 0 Å². The fourth-order valence-electron chi connectivity index (χ4n) is 4.48. The van der Waals surface area contributed by atoms with Gasteiger partial charge < -0.3 is 4.57 Å². The Morgan fingerprint density at radius 3 is 2.52 bits per heavy atom. The van der Waals surface area contributed by atoms with E-state index in [-0.39, 0.29) is 5.75 Å². The Hall–Kier alpha value is -1.47. The highest BCUT2D eigenvalue weighted by molar-refractivity contribution is 7.89. The zero-order chi connectivity index (χ0) is 18.5. The molecule has 2 unspecified atom stereocenters. The first-order valence-electron chi connectivity index (χ1n) is 8.91. The third-order valence-corrected chi connectivity index (χ3v) is 6.82. The fraction of sp³-hybridized carbons (Fsp3) is 0.667. The van der Waals surface area contributed by atoms with Gasteiger partial charge in [-0.25, -0.2) is 23.5 Å². The van der Waals surface area contributed by atoms with Gasteiger partial charge in [0, 0.05) is 17.1 Å². The monoisotopic (exact) mass is 364 g/mol. The zero-order valence-electron chi connectivity index (χ0n) is 15.7. The minimum absolute atomic E-state index is 0.0627. The van der Waals surface area contributed by atoms with E-state index in [0.717, 1.165) is 29.0 Å². The predicted molar refractivity (Wildman–Crippen MR) is 99.8 cm³/mol. The van der Waals surface area contributed by atoms with Gasteiger partial charge in [-0.1, -0.05) is 13.8 Å². The first kappa shape index (κ1) is 18.3. The van der Waals surface area contributed by atoms with Crippen LogP contribution in [0, 0.1) is 38.5 Å². The summed E-state index contributed by atoms with van der Waals surface area (Å²) < 4.78 is 25.0. The number of fused-ring (bicyclic) bond motifs is 1. The maximum atomic E-state index is 11.3. The summed E-state index contributed by atoms with van der Waals surface area (Å²) in [6, 6.07) is 2.49. The Kier molecular flexibility index (Phi) is 4.66. The van der Waals surface area contributed by atoms with E-state index in [1.165, 1.54) is 5.69 Å². The maximum Gasteiger partial charge on any atom is 0.209 e. The summed E-state index contributed by atoms with van der Waals surface area (Å²) in [7, 11) is -3.41. The molecule has 0 amide bonds. The Labute approximate surface area is 149 Å². The van der Waals surface area contributed by atoms with Crippen LogP contribution in [0.2, 0.25) is 0 Å². The summed E-state index contributed by atoms with van der Waals surface area (Å²) in [5, 5.41) is 6.31. The Balaban J connectivity index is 1.97. The predicted octanol–water partition coefficient (Wildman–Crippen LogP) is 2.87. The van der Waals surface area contributed by atoms with Crippen molar-refractivity contribution in [2.75, 3.05) is 5.75 Å². The van der Waals surface area contributed by atoms with Crippen LogP contribution in [-0.4, -0.2) is 28.7 Å². The molecule has 1 aliphatic carbocycles. The molecule has 1 fully saturated rings. The van der Waals surface area contributed by atoms with Crippen LogP contribution in [0.3, 0.4) is 0 Å². The van der Waals surface area contributed by atoms with Gasteiger partial charge in [-0.05, 0) is 57.4 Å². The lowest BCUT2D eigenvalue weighted by molar-refractivity contribution is 0.326. The third kappa shape index (κ3) is 3.44. The van der Waals surface area contributed by atoms with Gasteiger partial charge in [0.05, 0.1) is 11.4 Å². The maximum absolute atomic E-state index is 11.3.